The Kier molecular flexibility index (Phi) is 8.66. The van der Waals surface area contributed by atoms with Crippen molar-refractivity contribution in [3.05, 3.63) is 29.4 Å². The molecule has 1 fully saturated rings. The minimum atomic E-state index is -3.58. The summed E-state index contributed by atoms with van der Waals surface area (Å²) in [5.41, 5.74) is 0.206. The minimum absolute atomic E-state index is 0.0776. The van der Waals surface area contributed by atoms with Gasteiger partial charge in [0.05, 0.1) is 20.9 Å². The smallest absolute Gasteiger partial charge is 0.412 e. The molecule has 2 aromatic rings. The number of anilines is 1. The molecule has 198 valence electrons. The van der Waals surface area contributed by atoms with Gasteiger partial charge in [0, 0.05) is 35.7 Å². The van der Waals surface area contributed by atoms with E-state index in [1.54, 1.807) is 39.1 Å². The summed E-state index contributed by atoms with van der Waals surface area (Å²) in [6, 6.07) is 4.86. The minimum Gasteiger partial charge on any atom is -0.447 e. The summed E-state index contributed by atoms with van der Waals surface area (Å²) in [5.74, 6) is 0.248. The predicted octanol–water partition coefficient (Wildman–Crippen LogP) is 5.72. The summed E-state index contributed by atoms with van der Waals surface area (Å²) in [6.07, 6.45) is 5.04. The first-order valence-corrected chi connectivity index (χ1v) is 14.7. The van der Waals surface area contributed by atoms with Gasteiger partial charge in [0.25, 0.3) is 0 Å². The van der Waals surface area contributed by atoms with Gasteiger partial charge in [0.2, 0.25) is 0 Å². The van der Waals surface area contributed by atoms with E-state index in [2.05, 4.69) is 15.6 Å². The van der Waals surface area contributed by atoms with Gasteiger partial charge in [0.15, 0.2) is 9.84 Å². The Balaban J connectivity index is 1.72. The molecule has 0 spiro atoms. The third-order valence-corrected chi connectivity index (χ3v) is 7.89. The molecule has 0 saturated heterocycles. The fourth-order valence-electron chi connectivity index (χ4n) is 4.03. The molecule has 0 unspecified atom stereocenters. The second kappa shape index (κ2) is 11.2. The lowest BCUT2D eigenvalue weighted by molar-refractivity contribution is 0.0635. The van der Waals surface area contributed by atoms with Crippen LogP contribution >= 0.6 is 11.3 Å². The maximum atomic E-state index is 12.6. The Bertz CT molecular complexity index is 1190. The molecule has 1 aliphatic carbocycles. The molecular formula is C25H35N3O6S2. The number of nitrogens with zero attached hydrogens (tertiary/aromatic N) is 1. The van der Waals surface area contributed by atoms with Crippen LogP contribution in [0.5, 0.6) is 0 Å². The molecule has 11 heteroatoms. The largest absolute Gasteiger partial charge is 0.447 e. The highest BCUT2D eigenvalue weighted by Crippen LogP contribution is 2.39. The van der Waals surface area contributed by atoms with Crippen LogP contribution in [0, 0.1) is 0 Å². The van der Waals surface area contributed by atoms with E-state index in [1.165, 1.54) is 17.4 Å². The van der Waals surface area contributed by atoms with Crippen LogP contribution in [0.1, 0.15) is 71.2 Å². The number of aromatic nitrogens is 1. The second-order valence-corrected chi connectivity index (χ2v) is 13.4. The van der Waals surface area contributed by atoms with Crippen molar-refractivity contribution < 1.29 is 27.5 Å². The van der Waals surface area contributed by atoms with Gasteiger partial charge < -0.3 is 14.8 Å². The van der Waals surface area contributed by atoms with Crippen LogP contribution in [-0.2, 0) is 19.3 Å². The first kappa shape index (κ1) is 27.9. The van der Waals surface area contributed by atoms with E-state index in [9.17, 15) is 18.0 Å². The highest BCUT2D eigenvalue weighted by atomic mass is 32.2. The quantitative estimate of drug-likeness (QED) is 0.483. The number of hydrogen-bond donors (Lipinski definition) is 2. The molecule has 1 aromatic carbocycles. The summed E-state index contributed by atoms with van der Waals surface area (Å²) in [5, 5.41) is 6.47. The van der Waals surface area contributed by atoms with E-state index in [0.717, 1.165) is 41.8 Å². The number of alkyl carbamates (subject to hydrolysis) is 1. The lowest BCUT2D eigenvalue weighted by Gasteiger charge is -2.28. The zero-order chi connectivity index (χ0) is 26.7. The SMILES string of the molecule is CC(C)OC(=O)NC1CCC(c2ncc(-c3ccc(NC(=O)OC(C)(C)C)cc3S(C)(=O)=O)s2)CC1. The Labute approximate surface area is 216 Å². The molecular weight excluding hydrogens is 502 g/mol. The van der Waals surface area contributed by atoms with Gasteiger partial charge in [-0.15, -0.1) is 11.3 Å². The van der Waals surface area contributed by atoms with Crippen LogP contribution in [0.25, 0.3) is 10.4 Å². The van der Waals surface area contributed by atoms with E-state index in [1.807, 2.05) is 13.8 Å². The number of amides is 2. The van der Waals surface area contributed by atoms with Crippen LogP contribution in [0.2, 0.25) is 0 Å². The Morgan fingerprint density at radius 1 is 1.11 bits per heavy atom. The first-order chi connectivity index (χ1) is 16.7. The highest BCUT2D eigenvalue weighted by molar-refractivity contribution is 7.90. The van der Waals surface area contributed by atoms with E-state index in [-0.39, 0.29) is 29.1 Å². The topological polar surface area (TPSA) is 124 Å². The fraction of sp³-hybridized carbons (Fsp3) is 0.560. The van der Waals surface area contributed by atoms with Crippen molar-refractivity contribution in [2.24, 2.45) is 0 Å². The standard InChI is InChI=1S/C25H35N3O6S2/c1-15(2)33-23(29)27-17-9-7-16(8-10-17)22-26-14-20(35-22)19-12-11-18(13-21(19)36(6,31)32)28-24(30)34-25(3,4)5/h11-17H,7-10H2,1-6H3,(H,27,29)(H,28,30). The predicted molar refractivity (Wildman–Crippen MR) is 140 cm³/mol. The second-order valence-electron chi connectivity index (χ2n) is 10.3. The van der Waals surface area contributed by atoms with Gasteiger partial charge >= 0.3 is 12.2 Å². The molecule has 0 bridgehead atoms. The zero-order valence-electron chi connectivity index (χ0n) is 21.6. The van der Waals surface area contributed by atoms with E-state index in [4.69, 9.17) is 9.47 Å². The van der Waals surface area contributed by atoms with Gasteiger partial charge in [-0.25, -0.2) is 23.0 Å². The highest BCUT2D eigenvalue weighted by Gasteiger charge is 2.27. The van der Waals surface area contributed by atoms with Crippen molar-refractivity contribution in [1.82, 2.24) is 10.3 Å². The number of benzene rings is 1. The molecule has 3 rings (SSSR count). The molecule has 2 amide bonds. The van der Waals surface area contributed by atoms with E-state index >= 15 is 0 Å². The molecule has 9 nitrogen and oxygen atoms in total. The molecule has 1 saturated carbocycles. The summed E-state index contributed by atoms with van der Waals surface area (Å²) in [7, 11) is -3.58. The van der Waals surface area contributed by atoms with Crippen molar-refractivity contribution in [3.63, 3.8) is 0 Å². The van der Waals surface area contributed by atoms with E-state index in [0.29, 0.717) is 11.3 Å². The summed E-state index contributed by atoms with van der Waals surface area (Å²) in [4.78, 5) is 29.5. The fourth-order valence-corrected chi connectivity index (χ4v) is 6.14. The van der Waals surface area contributed by atoms with Gasteiger partial charge in [-0.05, 0) is 72.4 Å². The number of sulfone groups is 1. The van der Waals surface area contributed by atoms with E-state index < -0.39 is 21.5 Å². The van der Waals surface area contributed by atoms with Crippen molar-refractivity contribution in [3.8, 4) is 10.4 Å². The molecule has 0 aliphatic heterocycles. The molecule has 0 atom stereocenters. The van der Waals surface area contributed by atoms with Crippen molar-refractivity contribution >= 4 is 39.0 Å². The number of carbonyl (C=O) groups is 2. The third-order valence-electron chi connectivity index (χ3n) is 5.56. The van der Waals surface area contributed by atoms with Gasteiger partial charge in [0.1, 0.15) is 5.60 Å². The number of nitrogens with one attached hydrogen (secondary N) is 2. The van der Waals surface area contributed by atoms with Gasteiger partial charge in [-0.3, -0.25) is 5.32 Å². The average Bonchev–Trinajstić information content (AvgIpc) is 3.21. The Morgan fingerprint density at radius 2 is 1.78 bits per heavy atom. The van der Waals surface area contributed by atoms with Crippen LogP contribution in [0.4, 0.5) is 15.3 Å². The zero-order valence-corrected chi connectivity index (χ0v) is 23.2. The molecule has 0 radical (unpaired) electrons. The molecule has 1 aromatic heterocycles. The maximum Gasteiger partial charge on any atom is 0.412 e. The Hall–Kier alpha value is -2.66. The number of carbonyl (C=O) groups excluding carboxylic acids is 2. The number of hydrogen-bond acceptors (Lipinski definition) is 8. The van der Waals surface area contributed by atoms with Crippen LogP contribution in [0.15, 0.2) is 29.3 Å². The molecule has 1 aliphatic rings. The number of thiazole rings is 1. The van der Waals surface area contributed by atoms with Crippen LogP contribution < -0.4 is 10.6 Å². The van der Waals surface area contributed by atoms with Gasteiger partial charge in [-0.2, -0.15) is 0 Å². The van der Waals surface area contributed by atoms with Crippen molar-refractivity contribution in [1.29, 1.82) is 0 Å². The summed E-state index contributed by atoms with van der Waals surface area (Å²) >= 11 is 1.47. The molecule has 1 heterocycles. The van der Waals surface area contributed by atoms with Crippen LogP contribution in [-0.4, -0.2) is 49.6 Å². The Morgan fingerprint density at radius 3 is 2.36 bits per heavy atom. The van der Waals surface area contributed by atoms with Crippen molar-refractivity contribution in [2.75, 3.05) is 11.6 Å². The number of rotatable bonds is 6. The third kappa shape index (κ3) is 7.92. The maximum absolute atomic E-state index is 12.6. The summed E-state index contributed by atoms with van der Waals surface area (Å²) in [6.45, 7) is 8.89. The monoisotopic (exact) mass is 537 g/mol. The van der Waals surface area contributed by atoms with Crippen LogP contribution in [0.3, 0.4) is 0 Å². The lowest BCUT2D eigenvalue weighted by atomic mass is 9.86. The number of ether oxygens (including phenoxy) is 2. The average molecular weight is 538 g/mol. The molecule has 2 N–H and O–H groups in total. The molecule has 36 heavy (non-hydrogen) atoms. The van der Waals surface area contributed by atoms with Crippen molar-refractivity contribution in [2.45, 2.75) is 88.9 Å². The first-order valence-electron chi connectivity index (χ1n) is 12.0. The van der Waals surface area contributed by atoms with Gasteiger partial charge in [-0.1, -0.05) is 6.07 Å². The lowest BCUT2D eigenvalue weighted by Crippen LogP contribution is -2.38. The normalized spacial score (nSPS) is 18.5. The summed E-state index contributed by atoms with van der Waals surface area (Å²) < 4.78 is 35.6.